The maximum atomic E-state index is 11.4. The Hall–Kier alpha value is -2.69. The van der Waals surface area contributed by atoms with E-state index >= 15 is 0 Å². The zero-order valence-electron chi connectivity index (χ0n) is 11.3. The molecule has 108 valence electrons. The van der Waals surface area contributed by atoms with E-state index in [1.54, 1.807) is 0 Å². The normalized spacial score (nSPS) is 11.8. The predicted molar refractivity (Wildman–Crippen MR) is 78.2 cm³/mol. The summed E-state index contributed by atoms with van der Waals surface area (Å²) in [6.45, 7) is 0. The molecule has 5 heteroatoms. The Morgan fingerprint density at radius 1 is 1.10 bits per heavy atom. The first-order valence-corrected chi connectivity index (χ1v) is 6.59. The standard InChI is InChI=1S/C16H15NO4/c18-16(19)15(11-6-12-4-2-1-3-5-12)13-7-9-14(10-8-13)17(20)21/h1-5,7-10,15H,6,11H2,(H,18,19). The van der Waals surface area contributed by atoms with Gasteiger partial charge in [-0.3, -0.25) is 14.9 Å². The fourth-order valence-electron chi connectivity index (χ4n) is 2.22. The topological polar surface area (TPSA) is 80.4 Å². The van der Waals surface area contributed by atoms with E-state index in [1.807, 2.05) is 30.3 Å². The molecule has 5 nitrogen and oxygen atoms in total. The highest BCUT2D eigenvalue weighted by Gasteiger charge is 2.20. The number of nitro groups is 1. The molecule has 0 aromatic heterocycles. The van der Waals surface area contributed by atoms with Crippen molar-refractivity contribution in [2.45, 2.75) is 18.8 Å². The number of benzene rings is 2. The Balaban J connectivity index is 2.11. The van der Waals surface area contributed by atoms with Gasteiger partial charge in [-0.1, -0.05) is 42.5 Å². The number of carboxylic acid groups (broad SMARTS) is 1. The second kappa shape index (κ2) is 6.65. The molecule has 21 heavy (non-hydrogen) atoms. The van der Waals surface area contributed by atoms with Gasteiger partial charge in [0.25, 0.3) is 5.69 Å². The first-order chi connectivity index (χ1) is 10.1. The summed E-state index contributed by atoms with van der Waals surface area (Å²) >= 11 is 0. The summed E-state index contributed by atoms with van der Waals surface area (Å²) in [5, 5.41) is 20.0. The van der Waals surface area contributed by atoms with E-state index in [9.17, 15) is 20.0 Å². The zero-order chi connectivity index (χ0) is 15.2. The second-order valence-corrected chi connectivity index (χ2v) is 4.76. The highest BCUT2D eigenvalue weighted by atomic mass is 16.6. The highest BCUT2D eigenvalue weighted by molar-refractivity contribution is 5.76. The van der Waals surface area contributed by atoms with Crippen LogP contribution in [0.3, 0.4) is 0 Å². The molecule has 0 spiro atoms. The van der Waals surface area contributed by atoms with Crippen LogP contribution in [0.2, 0.25) is 0 Å². The molecule has 0 amide bonds. The Bertz CT molecular complexity index is 622. The van der Waals surface area contributed by atoms with E-state index in [-0.39, 0.29) is 5.69 Å². The van der Waals surface area contributed by atoms with Crippen LogP contribution in [0.15, 0.2) is 54.6 Å². The van der Waals surface area contributed by atoms with E-state index in [2.05, 4.69) is 0 Å². The lowest BCUT2D eigenvalue weighted by molar-refractivity contribution is -0.384. The van der Waals surface area contributed by atoms with Crippen LogP contribution in [0.1, 0.15) is 23.5 Å². The molecule has 1 N–H and O–H groups in total. The van der Waals surface area contributed by atoms with Crippen molar-refractivity contribution < 1.29 is 14.8 Å². The molecule has 0 aliphatic carbocycles. The van der Waals surface area contributed by atoms with Crippen LogP contribution in [-0.4, -0.2) is 16.0 Å². The third-order valence-electron chi connectivity index (χ3n) is 3.37. The molecule has 0 bridgehead atoms. The summed E-state index contributed by atoms with van der Waals surface area (Å²) in [5.74, 6) is -1.58. The number of aliphatic carboxylic acids is 1. The minimum atomic E-state index is -0.917. The van der Waals surface area contributed by atoms with Crippen molar-refractivity contribution in [2.24, 2.45) is 0 Å². The van der Waals surface area contributed by atoms with Crippen LogP contribution < -0.4 is 0 Å². The Labute approximate surface area is 122 Å². The fraction of sp³-hybridized carbons (Fsp3) is 0.188. The lowest BCUT2D eigenvalue weighted by atomic mass is 9.92. The molecule has 1 unspecified atom stereocenters. The molecule has 0 fully saturated rings. The van der Waals surface area contributed by atoms with Crippen molar-refractivity contribution in [1.29, 1.82) is 0 Å². The van der Waals surface area contributed by atoms with Crippen molar-refractivity contribution >= 4 is 11.7 Å². The molecule has 1 atom stereocenters. The van der Waals surface area contributed by atoms with Crippen LogP contribution in [0.25, 0.3) is 0 Å². The molecule has 2 rings (SSSR count). The average Bonchev–Trinajstić information content (AvgIpc) is 2.48. The third-order valence-corrected chi connectivity index (χ3v) is 3.37. The number of carboxylic acids is 1. The van der Waals surface area contributed by atoms with Gasteiger partial charge in [-0.05, 0) is 24.0 Å². The van der Waals surface area contributed by atoms with Crippen molar-refractivity contribution in [2.75, 3.05) is 0 Å². The molecule has 0 aliphatic rings. The van der Waals surface area contributed by atoms with Gasteiger partial charge in [0.2, 0.25) is 0 Å². The third kappa shape index (κ3) is 3.89. The maximum Gasteiger partial charge on any atom is 0.310 e. The fourth-order valence-corrected chi connectivity index (χ4v) is 2.22. The molecular weight excluding hydrogens is 270 g/mol. The summed E-state index contributed by atoms with van der Waals surface area (Å²) in [6.07, 6.45) is 1.10. The summed E-state index contributed by atoms with van der Waals surface area (Å²) in [7, 11) is 0. The van der Waals surface area contributed by atoms with Gasteiger partial charge in [0.15, 0.2) is 0 Å². The SMILES string of the molecule is O=C(O)C(CCc1ccccc1)c1ccc([N+](=O)[O-])cc1. The van der Waals surface area contributed by atoms with E-state index in [0.717, 1.165) is 5.56 Å². The van der Waals surface area contributed by atoms with Crippen LogP contribution in [0.5, 0.6) is 0 Å². The monoisotopic (exact) mass is 285 g/mol. The lowest BCUT2D eigenvalue weighted by Crippen LogP contribution is -2.12. The van der Waals surface area contributed by atoms with Gasteiger partial charge in [0.05, 0.1) is 10.8 Å². The lowest BCUT2D eigenvalue weighted by Gasteiger charge is -2.12. The summed E-state index contributed by atoms with van der Waals surface area (Å²) in [5.41, 5.74) is 1.63. The number of hydrogen-bond donors (Lipinski definition) is 1. The minimum Gasteiger partial charge on any atom is -0.481 e. The quantitative estimate of drug-likeness (QED) is 0.651. The van der Waals surface area contributed by atoms with Gasteiger partial charge in [0.1, 0.15) is 0 Å². The van der Waals surface area contributed by atoms with Gasteiger partial charge >= 0.3 is 5.97 Å². The van der Waals surface area contributed by atoms with Gasteiger partial charge in [-0.15, -0.1) is 0 Å². The molecule has 0 radical (unpaired) electrons. The van der Waals surface area contributed by atoms with E-state index in [1.165, 1.54) is 24.3 Å². The van der Waals surface area contributed by atoms with Gasteiger partial charge in [-0.2, -0.15) is 0 Å². The largest absolute Gasteiger partial charge is 0.481 e. The molecule has 0 saturated heterocycles. The number of non-ortho nitro benzene ring substituents is 1. The number of carbonyl (C=O) groups is 1. The van der Waals surface area contributed by atoms with Gasteiger partial charge < -0.3 is 5.11 Å². The zero-order valence-corrected chi connectivity index (χ0v) is 11.3. The smallest absolute Gasteiger partial charge is 0.310 e. The highest BCUT2D eigenvalue weighted by Crippen LogP contribution is 2.24. The average molecular weight is 285 g/mol. The van der Waals surface area contributed by atoms with E-state index < -0.39 is 16.8 Å². The molecule has 2 aromatic carbocycles. The maximum absolute atomic E-state index is 11.4. The molecule has 0 heterocycles. The Morgan fingerprint density at radius 2 is 1.71 bits per heavy atom. The summed E-state index contributed by atoms with van der Waals surface area (Å²) in [6, 6.07) is 15.4. The van der Waals surface area contributed by atoms with Crippen LogP contribution in [0, 0.1) is 10.1 Å². The summed E-state index contributed by atoms with van der Waals surface area (Å²) in [4.78, 5) is 21.5. The van der Waals surface area contributed by atoms with Crippen molar-refractivity contribution in [1.82, 2.24) is 0 Å². The first kappa shape index (κ1) is 14.7. The van der Waals surface area contributed by atoms with E-state index in [4.69, 9.17) is 0 Å². The molecular formula is C16H15NO4. The molecule has 0 saturated carbocycles. The van der Waals surface area contributed by atoms with Gasteiger partial charge in [-0.25, -0.2) is 0 Å². The van der Waals surface area contributed by atoms with Crippen molar-refractivity contribution in [3.63, 3.8) is 0 Å². The predicted octanol–water partition coefficient (Wildman–Crippen LogP) is 3.40. The van der Waals surface area contributed by atoms with Crippen LogP contribution in [-0.2, 0) is 11.2 Å². The minimum absolute atomic E-state index is 0.0362. The number of hydrogen-bond acceptors (Lipinski definition) is 3. The number of nitro benzene ring substituents is 1. The Kier molecular flexibility index (Phi) is 4.66. The van der Waals surface area contributed by atoms with Crippen LogP contribution in [0.4, 0.5) is 5.69 Å². The molecule has 2 aromatic rings. The number of rotatable bonds is 6. The summed E-state index contributed by atoms with van der Waals surface area (Å²) < 4.78 is 0. The van der Waals surface area contributed by atoms with E-state index in [0.29, 0.717) is 18.4 Å². The van der Waals surface area contributed by atoms with Crippen molar-refractivity contribution in [3.8, 4) is 0 Å². The first-order valence-electron chi connectivity index (χ1n) is 6.59. The number of nitrogens with zero attached hydrogens (tertiary/aromatic N) is 1. The second-order valence-electron chi connectivity index (χ2n) is 4.76. The van der Waals surface area contributed by atoms with Crippen LogP contribution >= 0.6 is 0 Å². The van der Waals surface area contributed by atoms with Crippen molar-refractivity contribution in [3.05, 3.63) is 75.8 Å². The van der Waals surface area contributed by atoms with Gasteiger partial charge in [0, 0.05) is 12.1 Å². The molecule has 0 aliphatic heterocycles. The Morgan fingerprint density at radius 3 is 2.24 bits per heavy atom. The number of aryl methyl sites for hydroxylation is 1.